The van der Waals surface area contributed by atoms with E-state index in [9.17, 15) is 0 Å². The zero-order chi connectivity index (χ0) is 17.7. The quantitative estimate of drug-likeness (QED) is 0.426. The number of allylic oxidation sites excluding steroid dienone is 8. The first kappa shape index (κ1) is 22.0. The average Bonchev–Trinajstić information content (AvgIpc) is 3.10. The van der Waals surface area contributed by atoms with E-state index in [2.05, 4.69) is 66.6 Å². The number of hydrogen-bond donors (Lipinski definition) is 0. The minimum atomic E-state index is 0.556. The molecule has 1 aromatic rings. The molecule has 0 spiro atoms. The molecular formula is C21H25SiTi-3. The topological polar surface area (TPSA) is 0 Å². The van der Waals surface area contributed by atoms with Crippen molar-refractivity contribution in [3.8, 4) is 0 Å². The van der Waals surface area contributed by atoms with E-state index in [1.165, 1.54) is 16.7 Å². The van der Waals surface area contributed by atoms with Crippen molar-refractivity contribution in [3.63, 3.8) is 0 Å². The predicted molar refractivity (Wildman–Crippen MR) is 98.2 cm³/mol. The van der Waals surface area contributed by atoms with Crippen LogP contribution in [-0.4, -0.2) is 7.63 Å². The third-order valence-electron chi connectivity index (χ3n) is 3.04. The van der Waals surface area contributed by atoms with Crippen molar-refractivity contribution in [3.05, 3.63) is 89.9 Å². The molecule has 120 valence electrons. The van der Waals surface area contributed by atoms with Crippen molar-refractivity contribution >= 4 is 7.63 Å². The van der Waals surface area contributed by atoms with Gasteiger partial charge in [0.15, 0.2) is 0 Å². The summed E-state index contributed by atoms with van der Waals surface area (Å²) < 4.78 is 0. The fourth-order valence-corrected chi connectivity index (χ4v) is 1.98. The Hall–Kier alpha value is -1.02. The summed E-state index contributed by atoms with van der Waals surface area (Å²) in [5.74, 6) is 0.556. The normalized spacial score (nSPS) is 17.2. The van der Waals surface area contributed by atoms with E-state index in [0.29, 0.717) is 5.92 Å². The van der Waals surface area contributed by atoms with Gasteiger partial charge in [0, 0.05) is 0 Å². The molecule has 1 unspecified atom stereocenters. The Bertz CT molecular complexity index is 565. The van der Waals surface area contributed by atoms with Gasteiger partial charge in [0.05, 0.1) is 0 Å². The summed E-state index contributed by atoms with van der Waals surface area (Å²) in [5, 5.41) is 0. The van der Waals surface area contributed by atoms with Crippen LogP contribution in [0.4, 0.5) is 0 Å². The van der Waals surface area contributed by atoms with E-state index in [1.54, 1.807) is 19.2 Å². The van der Waals surface area contributed by atoms with E-state index in [-0.39, 0.29) is 0 Å². The van der Waals surface area contributed by atoms with Crippen LogP contribution >= 0.6 is 0 Å². The van der Waals surface area contributed by atoms with E-state index in [4.69, 9.17) is 0 Å². The van der Waals surface area contributed by atoms with Crippen LogP contribution in [0.25, 0.3) is 0 Å². The van der Waals surface area contributed by atoms with Crippen LogP contribution in [-0.2, 0) is 19.2 Å². The van der Waals surface area contributed by atoms with E-state index >= 15 is 0 Å². The van der Waals surface area contributed by atoms with Crippen molar-refractivity contribution < 1.29 is 19.2 Å². The fraction of sp³-hybridized carbons (Fsp3) is 0.286. The third kappa shape index (κ3) is 12.1. The van der Waals surface area contributed by atoms with Crippen molar-refractivity contribution in [1.82, 2.24) is 0 Å². The van der Waals surface area contributed by atoms with Gasteiger partial charge in [-0.2, -0.15) is 36.3 Å². The molecule has 23 heavy (non-hydrogen) atoms. The molecule has 1 aromatic carbocycles. The van der Waals surface area contributed by atoms with Gasteiger partial charge in [0.25, 0.3) is 0 Å². The van der Waals surface area contributed by atoms with Crippen LogP contribution in [0, 0.1) is 25.0 Å². The van der Waals surface area contributed by atoms with Crippen molar-refractivity contribution in [2.24, 2.45) is 5.92 Å². The molecular weight excluding hydrogens is 328 g/mol. The molecule has 2 heteroatoms. The molecule has 1 atom stereocenters. The maximum atomic E-state index is 3.72. The maximum absolute atomic E-state index is 3.72. The van der Waals surface area contributed by atoms with Crippen molar-refractivity contribution in [2.45, 2.75) is 34.1 Å². The van der Waals surface area contributed by atoms with Gasteiger partial charge in [0.2, 0.25) is 0 Å². The predicted octanol–water partition coefficient (Wildman–Crippen LogP) is 5.51. The SMILES string of the molecule is CC1=CC(C)[C-]=C1.CC1=[C-]CC(C)=C1.[CH2-]c1ccccc1.[Si]=[Ti]. The number of hydrogen-bond acceptors (Lipinski definition) is 0. The molecule has 0 saturated carbocycles. The van der Waals surface area contributed by atoms with Crippen LogP contribution < -0.4 is 0 Å². The Balaban J connectivity index is 0.000000299. The van der Waals surface area contributed by atoms with Crippen molar-refractivity contribution in [1.29, 1.82) is 0 Å². The van der Waals surface area contributed by atoms with Crippen LogP contribution in [0.15, 0.2) is 65.3 Å². The molecule has 2 aliphatic rings. The molecule has 0 bridgehead atoms. The van der Waals surface area contributed by atoms with Gasteiger partial charge in [0.1, 0.15) is 0 Å². The van der Waals surface area contributed by atoms with E-state index in [0.717, 1.165) is 12.0 Å². The molecule has 2 aliphatic carbocycles. The van der Waals surface area contributed by atoms with Crippen LogP contribution in [0.2, 0.25) is 0 Å². The minimum absolute atomic E-state index is 0.556. The number of benzene rings is 1. The van der Waals surface area contributed by atoms with Gasteiger partial charge in [-0.3, -0.25) is 12.2 Å². The van der Waals surface area contributed by atoms with Gasteiger partial charge in [-0.05, 0) is 0 Å². The van der Waals surface area contributed by atoms with Crippen LogP contribution in [0.3, 0.4) is 0 Å². The summed E-state index contributed by atoms with van der Waals surface area (Å²) in [5.41, 5.74) is 5.13. The molecule has 3 rings (SSSR count). The summed E-state index contributed by atoms with van der Waals surface area (Å²) in [6.07, 6.45) is 13.8. The van der Waals surface area contributed by atoms with Gasteiger partial charge in [-0.15, -0.1) is 25.5 Å². The Labute approximate surface area is 156 Å². The summed E-state index contributed by atoms with van der Waals surface area (Å²) in [7, 11) is 2.97. The van der Waals surface area contributed by atoms with Gasteiger partial charge in [-0.25, -0.2) is 23.3 Å². The number of rotatable bonds is 0. The Morgan fingerprint density at radius 2 is 1.74 bits per heavy atom. The molecule has 0 fully saturated rings. The van der Waals surface area contributed by atoms with E-state index < -0.39 is 0 Å². The second kappa shape index (κ2) is 13.4. The second-order valence-corrected chi connectivity index (χ2v) is 5.52. The van der Waals surface area contributed by atoms with Gasteiger partial charge in [-0.1, -0.05) is 32.8 Å². The van der Waals surface area contributed by atoms with Crippen molar-refractivity contribution in [2.75, 3.05) is 0 Å². The monoisotopic (exact) mass is 353 g/mol. The second-order valence-electron chi connectivity index (χ2n) is 5.52. The average molecular weight is 353 g/mol. The van der Waals surface area contributed by atoms with Gasteiger partial charge < -0.3 is 0 Å². The first-order valence-corrected chi connectivity index (χ1v) is 10.5. The summed E-state index contributed by atoms with van der Waals surface area (Å²) in [6.45, 7) is 12.2. The zero-order valence-electron chi connectivity index (χ0n) is 14.6. The first-order valence-electron chi connectivity index (χ1n) is 7.61. The fourth-order valence-electron chi connectivity index (χ4n) is 1.98. The molecule has 0 nitrogen and oxygen atoms in total. The molecule has 0 N–H and O–H groups in total. The Morgan fingerprint density at radius 3 is 1.91 bits per heavy atom. The summed E-state index contributed by atoms with van der Waals surface area (Å²) in [4.78, 5) is 0. The van der Waals surface area contributed by atoms with Crippen LogP contribution in [0.1, 0.15) is 39.7 Å². The summed E-state index contributed by atoms with van der Waals surface area (Å²) in [6, 6.07) is 9.87. The Kier molecular flexibility index (Phi) is 12.8. The van der Waals surface area contributed by atoms with Gasteiger partial charge >= 0.3 is 26.8 Å². The molecule has 2 radical (unpaired) electrons. The van der Waals surface area contributed by atoms with E-state index in [1.807, 2.05) is 36.4 Å². The standard InChI is InChI=1S/2C7H9.C7H7.Si.Ti/c2*1-6-3-4-7(2)5-6;1-7-5-3-2-4-6-7;;/h5H,3H2,1-2H3;3,5,7H,1-2H3;2-6H,1H2;;/q3*-1;;. The zero-order valence-corrected chi connectivity index (χ0v) is 17.2. The first-order chi connectivity index (χ1) is 11.0. The molecule has 0 amide bonds. The third-order valence-corrected chi connectivity index (χ3v) is 3.04. The Morgan fingerprint density at radius 1 is 1.13 bits per heavy atom. The molecule has 0 aliphatic heterocycles. The molecule has 0 saturated heterocycles. The summed E-state index contributed by atoms with van der Waals surface area (Å²) >= 11 is 1.81. The molecule has 0 heterocycles. The molecule has 0 aromatic heterocycles. The van der Waals surface area contributed by atoms with Crippen LogP contribution in [0.5, 0.6) is 0 Å².